The van der Waals surface area contributed by atoms with Crippen LogP contribution in [0.1, 0.15) is 59.8 Å². The Kier molecular flexibility index (Phi) is 4.05. The van der Waals surface area contributed by atoms with Gasteiger partial charge in [-0.15, -0.1) is 0 Å². The molecular weight excluding hydrogens is 226 g/mol. The zero-order chi connectivity index (χ0) is 13.3. The molecule has 1 unspecified atom stereocenters. The molecule has 0 amide bonds. The maximum Gasteiger partial charge on any atom is 0.120 e. The van der Waals surface area contributed by atoms with Gasteiger partial charge in [0.05, 0.1) is 6.61 Å². The molecule has 2 aliphatic heterocycles. The summed E-state index contributed by atoms with van der Waals surface area (Å²) in [4.78, 5) is 0. The van der Waals surface area contributed by atoms with Gasteiger partial charge in [0.1, 0.15) is 11.3 Å². The maximum atomic E-state index is 6.68. The summed E-state index contributed by atoms with van der Waals surface area (Å²) in [6.45, 7) is 11.7. The van der Waals surface area contributed by atoms with E-state index in [4.69, 9.17) is 9.47 Å². The molecule has 2 rings (SSSR count). The largest absolute Gasteiger partial charge is 0.378 e. The van der Waals surface area contributed by atoms with Crippen LogP contribution in [0.4, 0.5) is 0 Å². The average Bonchev–Trinajstić information content (AvgIpc) is 2.76. The number of rotatable bonds is 4. The molecule has 3 heteroatoms. The molecule has 2 fully saturated rings. The van der Waals surface area contributed by atoms with Crippen molar-refractivity contribution in [1.82, 2.24) is 5.32 Å². The van der Waals surface area contributed by atoms with Crippen molar-refractivity contribution in [2.45, 2.75) is 71.1 Å². The second-order valence-corrected chi connectivity index (χ2v) is 6.63. The van der Waals surface area contributed by atoms with Gasteiger partial charge in [0.15, 0.2) is 0 Å². The Hall–Kier alpha value is -0.120. The number of ether oxygens (including phenoxy) is 2. The van der Waals surface area contributed by atoms with Crippen LogP contribution in [0.2, 0.25) is 0 Å². The van der Waals surface area contributed by atoms with Gasteiger partial charge in [0, 0.05) is 25.0 Å². The van der Waals surface area contributed by atoms with Gasteiger partial charge in [-0.2, -0.15) is 0 Å². The summed E-state index contributed by atoms with van der Waals surface area (Å²) >= 11 is 0. The van der Waals surface area contributed by atoms with E-state index in [1.165, 1.54) is 0 Å². The van der Waals surface area contributed by atoms with Gasteiger partial charge in [-0.05, 0) is 12.8 Å². The quantitative estimate of drug-likeness (QED) is 0.837. The van der Waals surface area contributed by atoms with Crippen LogP contribution in [0.5, 0.6) is 0 Å². The smallest absolute Gasteiger partial charge is 0.120 e. The van der Waals surface area contributed by atoms with E-state index in [-0.39, 0.29) is 16.7 Å². The molecule has 18 heavy (non-hydrogen) atoms. The highest BCUT2D eigenvalue weighted by Gasteiger charge is 2.56. The zero-order valence-corrected chi connectivity index (χ0v) is 12.5. The lowest BCUT2D eigenvalue weighted by molar-refractivity contribution is -0.254. The molecule has 0 bridgehead atoms. The minimum absolute atomic E-state index is 0.0808. The summed E-state index contributed by atoms with van der Waals surface area (Å²) in [6, 6.07) is 0. The number of nitrogens with one attached hydrogen (secondary N) is 1. The van der Waals surface area contributed by atoms with E-state index >= 15 is 0 Å². The molecule has 0 radical (unpaired) electrons. The minimum Gasteiger partial charge on any atom is -0.378 e. The van der Waals surface area contributed by atoms with Gasteiger partial charge in [-0.3, -0.25) is 5.32 Å². The molecule has 0 saturated carbocycles. The SMILES string of the molecule is CCCC1(CCC)NCC(C)(C)C2(CCOC2)O1. The van der Waals surface area contributed by atoms with Crippen LogP contribution in [0.3, 0.4) is 0 Å². The Morgan fingerprint density at radius 2 is 1.78 bits per heavy atom. The maximum absolute atomic E-state index is 6.68. The molecule has 2 saturated heterocycles. The standard InChI is InChI=1S/C15H29NO2/c1-5-7-15(8-6-2)16-11-13(3,4)14(18-15)9-10-17-12-14/h16H,5-12H2,1-4H3. The van der Waals surface area contributed by atoms with Gasteiger partial charge >= 0.3 is 0 Å². The first-order valence-corrected chi connectivity index (χ1v) is 7.52. The topological polar surface area (TPSA) is 30.5 Å². The molecule has 1 atom stereocenters. The molecule has 1 spiro atoms. The molecule has 0 aromatic carbocycles. The van der Waals surface area contributed by atoms with Crippen molar-refractivity contribution in [1.29, 1.82) is 0 Å². The van der Waals surface area contributed by atoms with Crippen LogP contribution in [0.25, 0.3) is 0 Å². The van der Waals surface area contributed by atoms with Gasteiger partial charge in [0.25, 0.3) is 0 Å². The van der Waals surface area contributed by atoms with Crippen molar-refractivity contribution in [2.24, 2.45) is 5.41 Å². The van der Waals surface area contributed by atoms with E-state index in [2.05, 4.69) is 33.0 Å². The molecule has 2 heterocycles. The van der Waals surface area contributed by atoms with E-state index in [0.29, 0.717) is 0 Å². The van der Waals surface area contributed by atoms with Crippen LogP contribution in [0, 0.1) is 5.41 Å². The third-order valence-corrected chi connectivity index (χ3v) is 4.77. The Balaban J connectivity index is 2.22. The Labute approximate surface area is 112 Å². The lowest BCUT2D eigenvalue weighted by atomic mass is 9.71. The van der Waals surface area contributed by atoms with Crippen molar-refractivity contribution < 1.29 is 9.47 Å². The average molecular weight is 255 g/mol. The second-order valence-electron chi connectivity index (χ2n) is 6.63. The molecule has 1 N–H and O–H groups in total. The van der Waals surface area contributed by atoms with E-state index in [9.17, 15) is 0 Å². The fraction of sp³-hybridized carbons (Fsp3) is 1.00. The molecule has 0 aromatic heterocycles. The fourth-order valence-corrected chi connectivity index (χ4v) is 3.46. The first-order valence-electron chi connectivity index (χ1n) is 7.52. The third kappa shape index (κ3) is 2.33. The summed E-state index contributed by atoms with van der Waals surface area (Å²) in [5.41, 5.74) is -0.0518. The molecular formula is C15H29NO2. The first-order chi connectivity index (χ1) is 8.49. The Morgan fingerprint density at radius 3 is 2.28 bits per heavy atom. The summed E-state index contributed by atoms with van der Waals surface area (Å²) in [6.07, 6.45) is 5.54. The zero-order valence-electron chi connectivity index (χ0n) is 12.5. The molecule has 106 valence electrons. The molecule has 0 aliphatic carbocycles. The Morgan fingerprint density at radius 1 is 1.11 bits per heavy atom. The molecule has 0 aromatic rings. The molecule has 2 aliphatic rings. The Bertz CT molecular complexity index is 276. The summed E-state index contributed by atoms with van der Waals surface area (Å²) < 4.78 is 12.4. The van der Waals surface area contributed by atoms with Crippen molar-refractivity contribution in [3.05, 3.63) is 0 Å². The third-order valence-electron chi connectivity index (χ3n) is 4.77. The van der Waals surface area contributed by atoms with E-state index < -0.39 is 0 Å². The van der Waals surface area contributed by atoms with Gasteiger partial charge < -0.3 is 9.47 Å². The van der Waals surface area contributed by atoms with Crippen LogP contribution < -0.4 is 5.32 Å². The number of hydrogen-bond acceptors (Lipinski definition) is 3. The van der Waals surface area contributed by atoms with Crippen LogP contribution in [0.15, 0.2) is 0 Å². The van der Waals surface area contributed by atoms with Gasteiger partial charge in [-0.25, -0.2) is 0 Å². The van der Waals surface area contributed by atoms with Crippen LogP contribution in [-0.4, -0.2) is 31.1 Å². The fourth-order valence-electron chi connectivity index (χ4n) is 3.46. The van der Waals surface area contributed by atoms with Crippen LogP contribution >= 0.6 is 0 Å². The normalized spacial score (nSPS) is 34.0. The van der Waals surface area contributed by atoms with Crippen LogP contribution in [-0.2, 0) is 9.47 Å². The van der Waals surface area contributed by atoms with Gasteiger partial charge in [-0.1, -0.05) is 40.5 Å². The second kappa shape index (κ2) is 5.10. The predicted octanol–water partition coefficient (Wildman–Crippen LogP) is 3.09. The summed E-state index contributed by atoms with van der Waals surface area (Å²) in [5, 5.41) is 3.70. The summed E-state index contributed by atoms with van der Waals surface area (Å²) in [5.74, 6) is 0. The highest BCUT2D eigenvalue weighted by atomic mass is 16.6. The summed E-state index contributed by atoms with van der Waals surface area (Å²) in [7, 11) is 0. The highest BCUT2D eigenvalue weighted by molar-refractivity contribution is 5.05. The first kappa shape index (κ1) is 14.3. The van der Waals surface area contributed by atoms with Gasteiger partial charge in [0.2, 0.25) is 0 Å². The van der Waals surface area contributed by atoms with Crippen molar-refractivity contribution in [3.8, 4) is 0 Å². The van der Waals surface area contributed by atoms with Crippen molar-refractivity contribution in [2.75, 3.05) is 19.8 Å². The van der Waals surface area contributed by atoms with Crippen molar-refractivity contribution >= 4 is 0 Å². The number of hydrogen-bond donors (Lipinski definition) is 1. The van der Waals surface area contributed by atoms with E-state index in [1.54, 1.807) is 0 Å². The van der Waals surface area contributed by atoms with Crippen molar-refractivity contribution in [3.63, 3.8) is 0 Å². The monoisotopic (exact) mass is 255 g/mol. The lowest BCUT2D eigenvalue weighted by Crippen LogP contribution is -2.67. The lowest BCUT2D eigenvalue weighted by Gasteiger charge is -2.55. The van der Waals surface area contributed by atoms with E-state index in [0.717, 1.165) is 51.9 Å². The minimum atomic E-state index is -0.118. The van der Waals surface area contributed by atoms with E-state index in [1.807, 2.05) is 0 Å². The highest BCUT2D eigenvalue weighted by Crippen LogP contribution is 2.47. The predicted molar refractivity (Wildman–Crippen MR) is 73.6 cm³/mol. The molecule has 3 nitrogen and oxygen atoms in total.